The number of carbonyl (C=O) groups excluding carboxylic acids is 2. The van der Waals surface area contributed by atoms with Crippen LogP contribution in [0.4, 0.5) is 11.4 Å². The van der Waals surface area contributed by atoms with Gasteiger partial charge in [-0.05, 0) is 43.1 Å². The summed E-state index contributed by atoms with van der Waals surface area (Å²) in [5.41, 5.74) is 2.57. The molecule has 1 unspecified atom stereocenters. The van der Waals surface area contributed by atoms with Crippen LogP contribution in [0.1, 0.15) is 18.4 Å². The average Bonchev–Trinajstić information content (AvgIpc) is 2.79. The molecule has 0 saturated carbocycles. The zero-order chi connectivity index (χ0) is 13.2. The normalized spacial score (nSPS) is 20.6. The minimum atomic E-state index is 0. The van der Waals surface area contributed by atoms with E-state index in [-0.39, 0.29) is 30.1 Å². The number of amides is 2. The molecule has 2 amide bonds. The predicted molar refractivity (Wildman–Crippen MR) is 80.2 cm³/mol. The Balaban J connectivity index is 0.00000147. The van der Waals surface area contributed by atoms with E-state index in [1.807, 2.05) is 18.2 Å². The van der Waals surface area contributed by atoms with Gasteiger partial charge in [0.25, 0.3) is 0 Å². The van der Waals surface area contributed by atoms with Crippen molar-refractivity contribution in [1.29, 1.82) is 0 Å². The summed E-state index contributed by atoms with van der Waals surface area (Å²) in [4.78, 5) is 23.4. The standard InChI is InChI=1S/C14H17N3O2.ClH/c18-13-7-10-6-11(3-4-12(10)17-13)16-14(19)9-2-1-5-15-8-9;/h3-4,6,9,15H,1-2,5,7-8H2,(H,16,19)(H,17,18);1H. The molecule has 1 aromatic carbocycles. The van der Waals surface area contributed by atoms with Crippen LogP contribution >= 0.6 is 12.4 Å². The molecule has 1 aromatic rings. The third-order valence-corrected chi connectivity index (χ3v) is 3.67. The molecule has 5 nitrogen and oxygen atoms in total. The Morgan fingerprint density at radius 3 is 2.95 bits per heavy atom. The summed E-state index contributed by atoms with van der Waals surface area (Å²) >= 11 is 0. The second-order valence-corrected chi connectivity index (χ2v) is 5.13. The number of hydrogen-bond acceptors (Lipinski definition) is 3. The largest absolute Gasteiger partial charge is 0.326 e. The van der Waals surface area contributed by atoms with Crippen LogP contribution in [0.2, 0.25) is 0 Å². The second kappa shape index (κ2) is 6.24. The fourth-order valence-corrected chi connectivity index (χ4v) is 2.63. The molecule has 0 spiro atoms. The van der Waals surface area contributed by atoms with Crippen LogP contribution < -0.4 is 16.0 Å². The molecule has 3 N–H and O–H groups in total. The lowest BCUT2D eigenvalue weighted by Gasteiger charge is -2.22. The molecule has 3 rings (SSSR count). The summed E-state index contributed by atoms with van der Waals surface area (Å²) in [6.45, 7) is 1.74. The van der Waals surface area contributed by atoms with Gasteiger partial charge in [0.05, 0.1) is 12.3 Å². The molecule has 0 aromatic heterocycles. The number of piperidine rings is 1. The number of anilines is 2. The monoisotopic (exact) mass is 295 g/mol. The number of benzene rings is 1. The van der Waals surface area contributed by atoms with Crippen LogP contribution in [0.15, 0.2) is 18.2 Å². The van der Waals surface area contributed by atoms with Gasteiger partial charge >= 0.3 is 0 Å². The molecule has 1 saturated heterocycles. The lowest BCUT2D eigenvalue weighted by Crippen LogP contribution is -2.37. The van der Waals surface area contributed by atoms with Crippen LogP contribution in [-0.4, -0.2) is 24.9 Å². The van der Waals surface area contributed by atoms with E-state index in [1.165, 1.54) is 0 Å². The molecule has 0 bridgehead atoms. The molecular formula is C14H18ClN3O2. The summed E-state index contributed by atoms with van der Waals surface area (Å²) in [6, 6.07) is 5.55. The zero-order valence-corrected chi connectivity index (χ0v) is 11.9. The van der Waals surface area contributed by atoms with Gasteiger partial charge in [-0.15, -0.1) is 12.4 Å². The number of halogens is 1. The maximum atomic E-state index is 12.1. The first-order valence-electron chi connectivity index (χ1n) is 6.67. The maximum Gasteiger partial charge on any atom is 0.228 e. The van der Waals surface area contributed by atoms with Crippen LogP contribution in [0.5, 0.6) is 0 Å². The molecule has 2 aliphatic rings. The Morgan fingerprint density at radius 1 is 1.35 bits per heavy atom. The number of hydrogen-bond donors (Lipinski definition) is 3. The van der Waals surface area contributed by atoms with E-state index in [1.54, 1.807) is 0 Å². The van der Waals surface area contributed by atoms with Crippen LogP contribution in [0.3, 0.4) is 0 Å². The SMILES string of the molecule is Cl.O=C1Cc2cc(NC(=O)C3CCCNC3)ccc2N1. The fourth-order valence-electron chi connectivity index (χ4n) is 2.63. The first-order chi connectivity index (χ1) is 9.22. The van der Waals surface area contributed by atoms with Gasteiger partial charge in [-0.25, -0.2) is 0 Å². The van der Waals surface area contributed by atoms with Gasteiger partial charge in [-0.1, -0.05) is 0 Å². The lowest BCUT2D eigenvalue weighted by atomic mass is 9.98. The van der Waals surface area contributed by atoms with Crippen LogP contribution in [0.25, 0.3) is 0 Å². The highest BCUT2D eigenvalue weighted by atomic mass is 35.5. The van der Waals surface area contributed by atoms with Crippen molar-refractivity contribution in [2.45, 2.75) is 19.3 Å². The van der Waals surface area contributed by atoms with Crippen molar-refractivity contribution in [3.63, 3.8) is 0 Å². The van der Waals surface area contributed by atoms with E-state index in [2.05, 4.69) is 16.0 Å². The minimum absolute atomic E-state index is 0. The molecule has 0 radical (unpaired) electrons. The summed E-state index contributed by atoms with van der Waals surface area (Å²) in [7, 11) is 0. The predicted octanol–water partition coefficient (Wildman–Crippen LogP) is 1.54. The molecule has 20 heavy (non-hydrogen) atoms. The van der Waals surface area contributed by atoms with Gasteiger partial charge < -0.3 is 16.0 Å². The third kappa shape index (κ3) is 3.11. The molecule has 1 atom stereocenters. The third-order valence-electron chi connectivity index (χ3n) is 3.67. The van der Waals surface area contributed by atoms with Gasteiger partial charge in [-0.2, -0.15) is 0 Å². The average molecular weight is 296 g/mol. The van der Waals surface area contributed by atoms with Crippen molar-refractivity contribution in [1.82, 2.24) is 5.32 Å². The number of rotatable bonds is 2. The van der Waals surface area contributed by atoms with Crippen molar-refractivity contribution in [3.8, 4) is 0 Å². The van der Waals surface area contributed by atoms with Crippen LogP contribution in [-0.2, 0) is 16.0 Å². The molecular weight excluding hydrogens is 278 g/mol. The zero-order valence-electron chi connectivity index (χ0n) is 11.1. The lowest BCUT2D eigenvalue weighted by molar-refractivity contribution is -0.120. The Kier molecular flexibility index (Phi) is 4.62. The quantitative estimate of drug-likeness (QED) is 0.775. The highest BCUT2D eigenvalue weighted by Crippen LogP contribution is 2.26. The molecule has 0 aliphatic carbocycles. The molecule has 1 fully saturated rings. The van der Waals surface area contributed by atoms with Gasteiger partial charge in [0.1, 0.15) is 0 Å². The molecule has 6 heteroatoms. The Bertz CT molecular complexity index is 527. The number of fused-ring (bicyclic) bond motifs is 1. The Hall–Kier alpha value is -1.59. The maximum absolute atomic E-state index is 12.1. The highest BCUT2D eigenvalue weighted by Gasteiger charge is 2.22. The van der Waals surface area contributed by atoms with Crippen molar-refractivity contribution < 1.29 is 9.59 Å². The van der Waals surface area contributed by atoms with E-state index in [0.29, 0.717) is 6.42 Å². The van der Waals surface area contributed by atoms with E-state index < -0.39 is 0 Å². The molecule has 2 heterocycles. The number of nitrogens with one attached hydrogen (secondary N) is 3. The van der Waals surface area contributed by atoms with Gasteiger partial charge in [0.2, 0.25) is 11.8 Å². The second-order valence-electron chi connectivity index (χ2n) is 5.13. The first kappa shape index (κ1) is 14.8. The van der Waals surface area contributed by atoms with E-state index in [4.69, 9.17) is 0 Å². The van der Waals surface area contributed by atoms with Crippen molar-refractivity contribution in [3.05, 3.63) is 23.8 Å². The number of carbonyl (C=O) groups is 2. The Labute approximate surface area is 123 Å². The van der Waals surface area contributed by atoms with Gasteiger partial charge in [0, 0.05) is 17.9 Å². The molecule has 108 valence electrons. The minimum Gasteiger partial charge on any atom is -0.326 e. The van der Waals surface area contributed by atoms with Gasteiger partial charge in [-0.3, -0.25) is 9.59 Å². The fraction of sp³-hybridized carbons (Fsp3) is 0.429. The smallest absolute Gasteiger partial charge is 0.228 e. The van der Waals surface area contributed by atoms with E-state index in [9.17, 15) is 9.59 Å². The van der Waals surface area contributed by atoms with Crippen molar-refractivity contribution in [2.24, 2.45) is 5.92 Å². The van der Waals surface area contributed by atoms with Crippen LogP contribution in [0, 0.1) is 5.92 Å². The van der Waals surface area contributed by atoms with Crippen molar-refractivity contribution >= 4 is 35.6 Å². The van der Waals surface area contributed by atoms with Gasteiger partial charge in [0.15, 0.2) is 0 Å². The summed E-state index contributed by atoms with van der Waals surface area (Å²) in [6.07, 6.45) is 2.37. The first-order valence-corrected chi connectivity index (χ1v) is 6.67. The molecule has 2 aliphatic heterocycles. The van der Waals surface area contributed by atoms with Crippen molar-refractivity contribution in [2.75, 3.05) is 23.7 Å². The Morgan fingerprint density at radius 2 is 2.20 bits per heavy atom. The van der Waals surface area contributed by atoms with E-state index >= 15 is 0 Å². The highest BCUT2D eigenvalue weighted by molar-refractivity contribution is 6.00. The topological polar surface area (TPSA) is 70.2 Å². The summed E-state index contributed by atoms with van der Waals surface area (Å²) in [5.74, 6) is 0.112. The summed E-state index contributed by atoms with van der Waals surface area (Å²) < 4.78 is 0. The summed E-state index contributed by atoms with van der Waals surface area (Å²) in [5, 5.41) is 8.95. The van der Waals surface area contributed by atoms with E-state index in [0.717, 1.165) is 42.9 Å².